The number of amides is 1. The molecule has 0 aliphatic carbocycles. The Bertz CT molecular complexity index is 1160. The summed E-state index contributed by atoms with van der Waals surface area (Å²) in [6.45, 7) is 5.42. The quantitative estimate of drug-likeness (QED) is 0.618. The fraction of sp³-hybridized carbons (Fsp3) is 0.316. The topological polar surface area (TPSA) is 73.5 Å². The van der Waals surface area contributed by atoms with Crippen molar-refractivity contribution in [1.82, 2.24) is 14.2 Å². The van der Waals surface area contributed by atoms with Gasteiger partial charge in [-0.15, -0.1) is 11.3 Å². The lowest BCUT2D eigenvalue weighted by Crippen LogP contribution is -2.50. The van der Waals surface area contributed by atoms with E-state index in [0.29, 0.717) is 36.0 Å². The Morgan fingerprint density at radius 3 is 2.46 bits per heavy atom. The van der Waals surface area contributed by atoms with E-state index >= 15 is 0 Å². The molecule has 148 valence electrons. The highest BCUT2D eigenvalue weighted by atomic mass is 79.9. The Hall–Kier alpha value is -1.68. The van der Waals surface area contributed by atoms with Gasteiger partial charge in [0.15, 0.2) is 0 Å². The summed E-state index contributed by atoms with van der Waals surface area (Å²) in [6.07, 6.45) is 0. The lowest BCUT2D eigenvalue weighted by molar-refractivity contribution is 0.0698. The van der Waals surface area contributed by atoms with Crippen molar-refractivity contribution in [2.24, 2.45) is 0 Å². The van der Waals surface area contributed by atoms with E-state index in [2.05, 4.69) is 20.9 Å². The molecule has 0 spiro atoms. The molecule has 9 heteroatoms. The molecule has 2 aromatic heterocycles. The van der Waals surface area contributed by atoms with Crippen LogP contribution in [0, 0.1) is 13.8 Å². The Morgan fingerprint density at radius 1 is 1.11 bits per heavy atom. The van der Waals surface area contributed by atoms with Crippen molar-refractivity contribution in [3.63, 3.8) is 0 Å². The third-order valence-electron chi connectivity index (χ3n) is 5.22. The highest BCUT2D eigenvalue weighted by Gasteiger charge is 2.31. The van der Waals surface area contributed by atoms with Crippen LogP contribution in [0.4, 0.5) is 0 Å². The molecule has 1 aromatic carbocycles. The highest BCUT2D eigenvalue weighted by Crippen LogP contribution is 2.29. The largest absolute Gasteiger partial charge is 0.358 e. The number of carbonyl (C=O) groups excluding carboxylic acids is 1. The third kappa shape index (κ3) is 3.41. The number of aromatic amines is 1. The van der Waals surface area contributed by atoms with Crippen LogP contribution in [0.3, 0.4) is 0 Å². The summed E-state index contributed by atoms with van der Waals surface area (Å²) in [5.41, 5.74) is 3.89. The number of aromatic nitrogens is 1. The molecule has 1 fully saturated rings. The summed E-state index contributed by atoms with van der Waals surface area (Å²) in [6, 6.07) is 9.02. The first-order valence-corrected chi connectivity index (χ1v) is 12.0. The predicted octanol–water partition coefficient (Wildman–Crippen LogP) is 3.76. The van der Waals surface area contributed by atoms with E-state index in [1.54, 1.807) is 17.0 Å². The van der Waals surface area contributed by atoms with E-state index in [0.717, 1.165) is 25.9 Å². The minimum atomic E-state index is -3.51. The third-order valence-corrected chi connectivity index (χ3v) is 9.21. The number of thiophene rings is 1. The van der Waals surface area contributed by atoms with Gasteiger partial charge < -0.3 is 9.88 Å². The molecule has 0 radical (unpaired) electrons. The van der Waals surface area contributed by atoms with Crippen LogP contribution in [0.15, 0.2) is 38.3 Å². The average molecular weight is 482 g/mol. The van der Waals surface area contributed by atoms with Crippen LogP contribution in [0.25, 0.3) is 10.9 Å². The molecular weight excluding hydrogens is 462 g/mol. The number of fused-ring (bicyclic) bond motifs is 1. The molecule has 1 N–H and O–H groups in total. The number of piperazine rings is 1. The summed E-state index contributed by atoms with van der Waals surface area (Å²) in [4.78, 5) is 18.0. The van der Waals surface area contributed by atoms with Crippen LogP contribution in [-0.2, 0) is 10.0 Å². The van der Waals surface area contributed by atoms with E-state index in [1.165, 1.54) is 15.6 Å². The minimum Gasteiger partial charge on any atom is -0.358 e. The van der Waals surface area contributed by atoms with Crippen LogP contribution in [-0.4, -0.2) is 54.7 Å². The molecule has 1 saturated heterocycles. The number of aryl methyl sites for hydroxylation is 2. The maximum Gasteiger partial charge on any atom is 0.253 e. The number of halogens is 1. The molecule has 6 nitrogen and oxygen atoms in total. The molecule has 3 aromatic rings. The molecule has 4 rings (SSSR count). The van der Waals surface area contributed by atoms with E-state index in [9.17, 15) is 13.2 Å². The van der Waals surface area contributed by atoms with E-state index in [1.807, 2.05) is 32.0 Å². The summed E-state index contributed by atoms with van der Waals surface area (Å²) >= 11 is 4.51. The average Bonchev–Trinajstić information content (AvgIpc) is 3.25. The number of sulfonamides is 1. The van der Waals surface area contributed by atoms with Crippen LogP contribution in [0.1, 0.15) is 21.6 Å². The lowest BCUT2D eigenvalue weighted by Gasteiger charge is -2.33. The summed E-state index contributed by atoms with van der Waals surface area (Å²) in [5.74, 6) is -0.0592. The molecule has 1 aliphatic heterocycles. The second-order valence-electron chi connectivity index (χ2n) is 6.89. The number of nitrogens with zero attached hydrogens (tertiary/aromatic N) is 2. The Kier molecular flexibility index (Phi) is 5.11. The van der Waals surface area contributed by atoms with Gasteiger partial charge in [-0.3, -0.25) is 4.79 Å². The summed E-state index contributed by atoms with van der Waals surface area (Å²) in [7, 11) is -3.51. The number of H-pyrrole nitrogens is 1. The van der Waals surface area contributed by atoms with Crippen LogP contribution in [0.5, 0.6) is 0 Å². The van der Waals surface area contributed by atoms with Gasteiger partial charge >= 0.3 is 0 Å². The molecule has 0 saturated carbocycles. The van der Waals surface area contributed by atoms with E-state index in [-0.39, 0.29) is 5.91 Å². The van der Waals surface area contributed by atoms with Crippen molar-refractivity contribution < 1.29 is 13.2 Å². The molecule has 0 atom stereocenters. The molecule has 28 heavy (non-hydrogen) atoms. The van der Waals surface area contributed by atoms with E-state index < -0.39 is 10.0 Å². The number of hydrogen-bond acceptors (Lipinski definition) is 4. The van der Waals surface area contributed by atoms with Crippen molar-refractivity contribution in [1.29, 1.82) is 0 Å². The van der Waals surface area contributed by atoms with Crippen molar-refractivity contribution >= 4 is 54.1 Å². The van der Waals surface area contributed by atoms with Gasteiger partial charge in [0.2, 0.25) is 0 Å². The van der Waals surface area contributed by atoms with E-state index in [4.69, 9.17) is 0 Å². The Labute approximate surface area is 176 Å². The summed E-state index contributed by atoms with van der Waals surface area (Å²) < 4.78 is 28.0. The van der Waals surface area contributed by atoms with Crippen molar-refractivity contribution in [3.05, 3.63) is 50.9 Å². The first-order chi connectivity index (χ1) is 13.3. The van der Waals surface area contributed by atoms with Gasteiger partial charge in [0, 0.05) is 48.3 Å². The maximum atomic E-state index is 12.9. The van der Waals surface area contributed by atoms with Gasteiger partial charge in [0.1, 0.15) is 4.21 Å². The standard InChI is InChI=1S/C19H20BrN3O3S2/c1-12-13(2)21-16-4-3-14(11-15(12)16)19(24)22-7-9-23(10-8-22)28(25,26)18-6-5-17(20)27-18/h3-6,11,21H,7-10H2,1-2H3. The SMILES string of the molecule is Cc1[nH]c2ccc(C(=O)N3CCN(S(=O)(=O)c4ccc(Br)s4)CC3)cc2c1C. The van der Waals surface area contributed by atoms with Gasteiger partial charge in [-0.05, 0) is 65.7 Å². The fourth-order valence-electron chi connectivity index (χ4n) is 3.47. The maximum absolute atomic E-state index is 12.9. The second kappa shape index (κ2) is 7.29. The number of benzene rings is 1. The van der Waals surface area contributed by atoms with Gasteiger partial charge in [-0.25, -0.2) is 8.42 Å². The number of rotatable bonds is 3. The molecular formula is C19H20BrN3O3S2. The van der Waals surface area contributed by atoms with Gasteiger partial charge in [-0.2, -0.15) is 4.31 Å². The zero-order chi connectivity index (χ0) is 20.1. The molecule has 3 heterocycles. The molecule has 1 aliphatic rings. The van der Waals surface area contributed by atoms with Gasteiger partial charge in [-0.1, -0.05) is 0 Å². The number of hydrogen-bond donors (Lipinski definition) is 1. The minimum absolute atomic E-state index is 0.0592. The predicted molar refractivity (Wildman–Crippen MR) is 114 cm³/mol. The van der Waals surface area contributed by atoms with Gasteiger partial charge in [0.25, 0.3) is 15.9 Å². The Balaban J connectivity index is 1.49. The van der Waals surface area contributed by atoms with Crippen LogP contribution in [0.2, 0.25) is 0 Å². The second-order valence-corrected chi connectivity index (χ2v) is 11.5. The van der Waals surface area contributed by atoms with Crippen molar-refractivity contribution in [2.75, 3.05) is 26.2 Å². The number of nitrogens with one attached hydrogen (secondary N) is 1. The highest BCUT2D eigenvalue weighted by molar-refractivity contribution is 9.11. The normalized spacial score (nSPS) is 16.0. The lowest BCUT2D eigenvalue weighted by atomic mass is 10.1. The first-order valence-electron chi connectivity index (χ1n) is 8.91. The monoisotopic (exact) mass is 481 g/mol. The van der Waals surface area contributed by atoms with Crippen LogP contribution < -0.4 is 0 Å². The number of carbonyl (C=O) groups is 1. The Morgan fingerprint density at radius 2 is 1.82 bits per heavy atom. The van der Waals surface area contributed by atoms with Crippen molar-refractivity contribution in [2.45, 2.75) is 18.1 Å². The molecule has 0 bridgehead atoms. The summed E-state index contributed by atoms with van der Waals surface area (Å²) in [5, 5.41) is 1.05. The van der Waals surface area contributed by atoms with Crippen LogP contribution >= 0.6 is 27.3 Å². The zero-order valence-electron chi connectivity index (χ0n) is 15.5. The van der Waals surface area contributed by atoms with Gasteiger partial charge in [0.05, 0.1) is 3.79 Å². The molecule has 0 unspecified atom stereocenters. The molecule has 1 amide bonds. The zero-order valence-corrected chi connectivity index (χ0v) is 18.7. The fourth-order valence-corrected chi connectivity index (χ4v) is 7.06. The smallest absolute Gasteiger partial charge is 0.253 e. The first kappa shape index (κ1) is 19.6. The van der Waals surface area contributed by atoms with Crippen molar-refractivity contribution in [3.8, 4) is 0 Å².